The monoisotopic (exact) mass is 328 g/mol. The highest BCUT2D eigenvalue weighted by Gasteiger charge is 2.58. The van der Waals surface area contributed by atoms with E-state index in [-0.39, 0.29) is 22.7 Å². The number of hydrogen-bond acceptors (Lipinski definition) is 2. The van der Waals surface area contributed by atoms with Crippen LogP contribution in [0.1, 0.15) is 52.4 Å². The topological polar surface area (TPSA) is 72.2 Å². The summed E-state index contributed by atoms with van der Waals surface area (Å²) in [5.41, 5.74) is 6.93. The molecule has 4 heteroatoms. The highest BCUT2D eigenvalue weighted by molar-refractivity contribution is 5.92. The lowest BCUT2D eigenvalue weighted by molar-refractivity contribution is -0.116. The van der Waals surface area contributed by atoms with Crippen LogP contribution in [0, 0.1) is 28.6 Å². The summed E-state index contributed by atoms with van der Waals surface area (Å²) in [6, 6.07) is -0.196. The zero-order valence-corrected chi connectivity index (χ0v) is 14.7. The fourth-order valence-electron chi connectivity index (χ4n) is 6.41. The fourth-order valence-corrected chi connectivity index (χ4v) is 6.41. The van der Waals surface area contributed by atoms with Gasteiger partial charge in [0.05, 0.1) is 0 Å². The molecule has 2 amide bonds. The van der Waals surface area contributed by atoms with E-state index in [0.717, 1.165) is 25.7 Å². The number of hydrogen-bond donors (Lipinski definition) is 2. The molecule has 0 aromatic heterocycles. The quantitative estimate of drug-likeness (QED) is 0.775. The highest BCUT2D eigenvalue weighted by atomic mass is 16.2. The van der Waals surface area contributed by atoms with Crippen LogP contribution in [0.25, 0.3) is 0 Å². The van der Waals surface area contributed by atoms with Crippen LogP contribution in [0.3, 0.4) is 0 Å². The maximum absolute atomic E-state index is 11.8. The van der Waals surface area contributed by atoms with E-state index in [2.05, 4.69) is 31.3 Å². The molecule has 0 radical (unpaired) electrons. The van der Waals surface area contributed by atoms with E-state index < -0.39 is 6.03 Å². The van der Waals surface area contributed by atoms with Gasteiger partial charge in [0, 0.05) is 12.5 Å². The third kappa shape index (κ3) is 2.11. The first kappa shape index (κ1) is 15.9. The molecule has 0 spiro atoms. The van der Waals surface area contributed by atoms with Gasteiger partial charge >= 0.3 is 6.03 Å². The Labute approximate surface area is 143 Å². The number of rotatable bonds is 1. The van der Waals surface area contributed by atoms with E-state index in [1.165, 1.54) is 12.0 Å². The van der Waals surface area contributed by atoms with Gasteiger partial charge in [-0.05, 0) is 72.3 Å². The summed E-state index contributed by atoms with van der Waals surface area (Å²) in [6.07, 6.45) is 12.6. The van der Waals surface area contributed by atoms with Crippen molar-refractivity contribution in [3.05, 3.63) is 23.8 Å². The molecule has 4 nitrogen and oxygen atoms in total. The van der Waals surface area contributed by atoms with Crippen molar-refractivity contribution in [2.24, 2.45) is 34.3 Å². The van der Waals surface area contributed by atoms with Gasteiger partial charge in [0.15, 0.2) is 5.78 Å². The van der Waals surface area contributed by atoms with Crippen LogP contribution in [0.15, 0.2) is 23.8 Å². The summed E-state index contributed by atoms with van der Waals surface area (Å²) in [6.45, 7) is 4.70. The van der Waals surface area contributed by atoms with E-state index in [1.807, 2.05) is 6.08 Å². The molecular formula is C20H28N2O2. The van der Waals surface area contributed by atoms with Crippen LogP contribution in [-0.2, 0) is 4.79 Å². The number of primary amides is 1. The molecule has 0 heterocycles. The van der Waals surface area contributed by atoms with Crippen molar-refractivity contribution in [3.63, 3.8) is 0 Å². The fraction of sp³-hybridized carbons (Fsp3) is 0.700. The molecule has 4 aliphatic carbocycles. The van der Waals surface area contributed by atoms with Gasteiger partial charge in [0.2, 0.25) is 0 Å². The Bertz CT molecular complexity index is 652. The van der Waals surface area contributed by atoms with E-state index >= 15 is 0 Å². The summed E-state index contributed by atoms with van der Waals surface area (Å²) in [7, 11) is 0. The summed E-state index contributed by atoms with van der Waals surface area (Å²) in [4.78, 5) is 23.2. The Hall–Kier alpha value is -1.58. The zero-order chi connectivity index (χ0) is 17.1. The second kappa shape index (κ2) is 5.21. The molecule has 4 aliphatic rings. The third-order valence-corrected chi connectivity index (χ3v) is 7.83. The first-order valence-electron chi connectivity index (χ1n) is 9.34. The van der Waals surface area contributed by atoms with E-state index in [0.29, 0.717) is 24.2 Å². The van der Waals surface area contributed by atoms with Gasteiger partial charge in [-0.15, -0.1) is 0 Å². The lowest BCUT2D eigenvalue weighted by Gasteiger charge is -2.56. The number of allylic oxidation sites excluding steroid dienone is 4. The number of amides is 2. The van der Waals surface area contributed by atoms with E-state index in [9.17, 15) is 9.59 Å². The van der Waals surface area contributed by atoms with Crippen molar-refractivity contribution in [2.45, 2.75) is 58.4 Å². The molecule has 3 N–H and O–H groups in total. The molecule has 1 unspecified atom stereocenters. The van der Waals surface area contributed by atoms with Gasteiger partial charge in [-0.2, -0.15) is 0 Å². The molecule has 2 saturated carbocycles. The molecule has 130 valence electrons. The highest BCUT2D eigenvalue weighted by Crippen LogP contribution is 2.63. The van der Waals surface area contributed by atoms with Crippen molar-refractivity contribution in [1.82, 2.24) is 5.32 Å². The Balaban J connectivity index is 1.67. The molecule has 24 heavy (non-hydrogen) atoms. The predicted octanol–water partition coefficient (Wildman–Crippen LogP) is 3.33. The second-order valence-electron chi connectivity index (χ2n) is 8.82. The second-order valence-corrected chi connectivity index (χ2v) is 8.82. The van der Waals surface area contributed by atoms with Crippen LogP contribution in [-0.4, -0.2) is 17.9 Å². The first-order chi connectivity index (χ1) is 11.3. The number of fused-ring (bicyclic) bond motifs is 5. The summed E-state index contributed by atoms with van der Waals surface area (Å²) >= 11 is 0. The smallest absolute Gasteiger partial charge is 0.312 e. The van der Waals surface area contributed by atoms with Crippen molar-refractivity contribution in [2.75, 3.05) is 0 Å². The van der Waals surface area contributed by atoms with Gasteiger partial charge in [-0.25, -0.2) is 4.79 Å². The molecule has 0 aromatic carbocycles. The first-order valence-corrected chi connectivity index (χ1v) is 9.34. The maximum Gasteiger partial charge on any atom is 0.312 e. The van der Waals surface area contributed by atoms with Crippen molar-refractivity contribution in [1.29, 1.82) is 0 Å². The van der Waals surface area contributed by atoms with E-state index in [1.54, 1.807) is 0 Å². The SMILES string of the molecule is C[C@]12CCC(=O)C=C1C=C[C@@H]1[C@@H]2CC[C@]2(C)C(NC(N)=O)CC[C@@H]12. The Morgan fingerprint density at radius 3 is 2.75 bits per heavy atom. The molecule has 6 atom stereocenters. The third-order valence-electron chi connectivity index (χ3n) is 7.83. The minimum atomic E-state index is -0.397. The van der Waals surface area contributed by atoms with Crippen molar-refractivity contribution >= 4 is 11.8 Å². The minimum Gasteiger partial charge on any atom is -0.352 e. The number of nitrogens with two attached hydrogens (primary N) is 1. The van der Waals surface area contributed by atoms with Crippen molar-refractivity contribution < 1.29 is 9.59 Å². The van der Waals surface area contributed by atoms with Gasteiger partial charge in [0.1, 0.15) is 0 Å². The molecule has 0 aliphatic heterocycles. The lowest BCUT2D eigenvalue weighted by Crippen LogP contribution is -2.53. The Morgan fingerprint density at radius 2 is 2.00 bits per heavy atom. The molecule has 0 saturated heterocycles. The number of carbonyl (C=O) groups excluding carboxylic acids is 2. The predicted molar refractivity (Wildman–Crippen MR) is 93.1 cm³/mol. The maximum atomic E-state index is 11.8. The molecule has 4 rings (SSSR count). The van der Waals surface area contributed by atoms with Gasteiger partial charge in [0.25, 0.3) is 0 Å². The summed E-state index contributed by atoms with van der Waals surface area (Å²) in [5.74, 6) is 2.05. The van der Waals surface area contributed by atoms with Crippen LogP contribution in [0.5, 0.6) is 0 Å². The van der Waals surface area contributed by atoms with Crippen LogP contribution >= 0.6 is 0 Å². The van der Waals surface area contributed by atoms with Crippen molar-refractivity contribution in [3.8, 4) is 0 Å². The standard InChI is InChI=1S/C20H28N2O2/c1-19-9-7-13(23)11-12(19)3-4-14-15-5-6-17(22-18(21)24)20(15,2)10-8-16(14)19/h3-4,11,14-17H,5-10H2,1-2H3,(H3,21,22,24)/t14-,15-,16-,17?,19-,20-/m0/s1. The summed E-state index contributed by atoms with van der Waals surface area (Å²) in [5, 5.41) is 3.01. The normalized spacial score (nSPS) is 46.6. The van der Waals surface area contributed by atoms with E-state index in [4.69, 9.17) is 5.73 Å². The van der Waals surface area contributed by atoms with Gasteiger partial charge in [-0.3, -0.25) is 4.79 Å². The number of nitrogens with one attached hydrogen (secondary N) is 1. The number of ketones is 1. The average Bonchev–Trinajstić information content (AvgIpc) is 2.84. The van der Waals surface area contributed by atoms with Crippen LogP contribution < -0.4 is 11.1 Å². The van der Waals surface area contributed by atoms with Gasteiger partial charge in [-0.1, -0.05) is 26.0 Å². The number of urea groups is 1. The molecular weight excluding hydrogens is 300 g/mol. The number of carbonyl (C=O) groups is 2. The van der Waals surface area contributed by atoms with Gasteiger partial charge < -0.3 is 11.1 Å². The largest absolute Gasteiger partial charge is 0.352 e. The average molecular weight is 328 g/mol. The molecule has 2 fully saturated rings. The Kier molecular flexibility index (Phi) is 3.45. The Morgan fingerprint density at radius 1 is 1.21 bits per heavy atom. The molecule has 0 bridgehead atoms. The van der Waals surface area contributed by atoms with Crippen LogP contribution in [0.2, 0.25) is 0 Å². The minimum absolute atomic E-state index is 0.141. The lowest BCUT2D eigenvalue weighted by atomic mass is 9.49. The zero-order valence-electron chi connectivity index (χ0n) is 14.7. The molecule has 0 aromatic rings. The van der Waals surface area contributed by atoms with Crippen LogP contribution in [0.4, 0.5) is 4.79 Å². The summed E-state index contributed by atoms with van der Waals surface area (Å²) < 4.78 is 0.